The third-order valence-corrected chi connectivity index (χ3v) is 3.94. The van der Waals surface area contributed by atoms with Gasteiger partial charge in [0, 0.05) is 11.6 Å². The molecule has 1 aliphatic carbocycles. The first kappa shape index (κ1) is 10.2. The average molecular weight is 219 g/mol. The summed E-state index contributed by atoms with van der Waals surface area (Å²) < 4.78 is 2.15. The average Bonchev–Trinajstić information content (AvgIpc) is 2.76. The van der Waals surface area contributed by atoms with Gasteiger partial charge in [-0.2, -0.15) is 5.10 Å². The summed E-state index contributed by atoms with van der Waals surface area (Å²) in [6, 6.07) is 0.699. The lowest BCUT2D eigenvalue weighted by Crippen LogP contribution is -2.34. The van der Waals surface area contributed by atoms with E-state index in [1.165, 1.54) is 37.1 Å². The zero-order valence-electron chi connectivity index (χ0n) is 10.5. The first-order valence-corrected chi connectivity index (χ1v) is 6.39. The Morgan fingerprint density at radius 2 is 2.19 bits per heavy atom. The van der Waals surface area contributed by atoms with Crippen LogP contribution in [0.4, 0.5) is 5.82 Å². The predicted octanol–water partition coefficient (Wildman–Crippen LogP) is 2.77. The molecule has 3 nitrogen and oxygen atoms in total. The number of hydrogen-bond acceptors (Lipinski definition) is 2. The molecule has 1 aliphatic heterocycles. The van der Waals surface area contributed by atoms with E-state index in [1.807, 2.05) is 0 Å². The molecule has 0 aromatic carbocycles. The number of hydrogen-bond donors (Lipinski definition) is 1. The molecule has 1 aromatic rings. The summed E-state index contributed by atoms with van der Waals surface area (Å²) in [6.07, 6.45) is 7.39. The molecule has 0 amide bonds. The van der Waals surface area contributed by atoms with Gasteiger partial charge in [0.25, 0.3) is 0 Å². The van der Waals surface area contributed by atoms with Crippen molar-refractivity contribution in [2.75, 3.05) is 5.32 Å². The molecular weight excluding hydrogens is 198 g/mol. The van der Waals surface area contributed by atoms with E-state index < -0.39 is 0 Å². The lowest BCUT2D eigenvalue weighted by atomic mass is 9.92. The van der Waals surface area contributed by atoms with Crippen molar-refractivity contribution in [2.24, 2.45) is 5.92 Å². The second-order valence-corrected chi connectivity index (χ2v) is 6.25. The van der Waals surface area contributed by atoms with E-state index in [0.29, 0.717) is 6.04 Å². The molecule has 2 heterocycles. The maximum atomic E-state index is 4.55. The highest BCUT2D eigenvalue weighted by Gasteiger charge is 2.35. The van der Waals surface area contributed by atoms with Gasteiger partial charge in [0.05, 0.1) is 11.7 Å². The monoisotopic (exact) mass is 219 g/mol. The van der Waals surface area contributed by atoms with Crippen LogP contribution in [0.1, 0.15) is 45.6 Å². The highest BCUT2D eigenvalue weighted by molar-refractivity contribution is 5.49. The molecule has 3 rings (SSSR count). The highest BCUT2D eigenvalue weighted by atomic mass is 15.4. The lowest BCUT2D eigenvalue weighted by Gasteiger charge is -2.31. The standard InChI is InChI=1S/C13H21N3/c1-13(2,3)16-12-10(8-14-16)7-9-5-4-6-11(9)15-12/h8-9,11,15H,4-7H2,1-3H3/t9-,11+/m0/s1. The number of fused-ring (bicyclic) bond motifs is 2. The van der Waals surface area contributed by atoms with E-state index in [-0.39, 0.29) is 5.54 Å². The number of nitrogens with one attached hydrogen (secondary N) is 1. The Kier molecular flexibility index (Phi) is 2.07. The van der Waals surface area contributed by atoms with E-state index >= 15 is 0 Å². The molecule has 0 unspecified atom stereocenters. The number of anilines is 1. The van der Waals surface area contributed by atoms with Gasteiger partial charge in [-0.1, -0.05) is 6.42 Å². The van der Waals surface area contributed by atoms with Crippen molar-refractivity contribution in [3.05, 3.63) is 11.8 Å². The molecule has 1 aromatic heterocycles. The fourth-order valence-corrected chi connectivity index (χ4v) is 3.12. The summed E-state index contributed by atoms with van der Waals surface area (Å²) >= 11 is 0. The van der Waals surface area contributed by atoms with Crippen LogP contribution < -0.4 is 5.32 Å². The van der Waals surface area contributed by atoms with E-state index in [2.05, 4.69) is 42.1 Å². The molecule has 3 heteroatoms. The third-order valence-electron chi connectivity index (χ3n) is 3.94. The van der Waals surface area contributed by atoms with Crippen LogP contribution >= 0.6 is 0 Å². The number of nitrogens with zero attached hydrogens (tertiary/aromatic N) is 2. The molecule has 2 aliphatic rings. The van der Waals surface area contributed by atoms with E-state index in [1.54, 1.807) is 0 Å². The Morgan fingerprint density at radius 3 is 2.94 bits per heavy atom. The molecule has 1 N–H and O–H groups in total. The van der Waals surface area contributed by atoms with Crippen LogP contribution in [0.2, 0.25) is 0 Å². The molecular formula is C13H21N3. The lowest BCUT2D eigenvalue weighted by molar-refractivity contribution is 0.355. The van der Waals surface area contributed by atoms with Crippen molar-refractivity contribution in [3.8, 4) is 0 Å². The van der Waals surface area contributed by atoms with Crippen molar-refractivity contribution < 1.29 is 0 Å². The van der Waals surface area contributed by atoms with Gasteiger partial charge in [0.2, 0.25) is 0 Å². The van der Waals surface area contributed by atoms with Gasteiger partial charge < -0.3 is 5.32 Å². The summed E-state index contributed by atoms with van der Waals surface area (Å²) in [7, 11) is 0. The highest BCUT2D eigenvalue weighted by Crippen LogP contribution is 2.38. The predicted molar refractivity (Wildman–Crippen MR) is 65.7 cm³/mol. The minimum Gasteiger partial charge on any atom is -0.367 e. The first-order valence-electron chi connectivity index (χ1n) is 6.39. The fourth-order valence-electron chi connectivity index (χ4n) is 3.12. The van der Waals surface area contributed by atoms with Crippen molar-refractivity contribution in [1.29, 1.82) is 0 Å². The van der Waals surface area contributed by atoms with Crippen LogP contribution in [-0.4, -0.2) is 15.8 Å². The van der Waals surface area contributed by atoms with Crippen LogP contribution in [0.3, 0.4) is 0 Å². The zero-order chi connectivity index (χ0) is 11.3. The Bertz CT molecular complexity index is 400. The molecule has 88 valence electrons. The van der Waals surface area contributed by atoms with Gasteiger partial charge in [-0.15, -0.1) is 0 Å². The molecule has 0 spiro atoms. The zero-order valence-corrected chi connectivity index (χ0v) is 10.5. The van der Waals surface area contributed by atoms with Crippen molar-refractivity contribution >= 4 is 5.82 Å². The van der Waals surface area contributed by atoms with Gasteiger partial charge in [0.15, 0.2) is 0 Å². The van der Waals surface area contributed by atoms with E-state index in [0.717, 1.165) is 5.92 Å². The van der Waals surface area contributed by atoms with Crippen LogP contribution in [-0.2, 0) is 12.0 Å². The number of rotatable bonds is 0. The minimum atomic E-state index is 0.0754. The molecule has 2 atom stereocenters. The van der Waals surface area contributed by atoms with E-state index in [9.17, 15) is 0 Å². The quantitative estimate of drug-likeness (QED) is 0.727. The van der Waals surface area contributed by atoms with Crippen molar-refractivity contribution in [2.45, 2.75) is 58.0 Å². The Hall–Kier alpha value is -0.990. The Labute approximate surface area is 97.2 Å². The molecule has 16 heavy (non-hydrogen) atoms. The molecule has 0 radical (unpaired) electrons. The SMILES string of the molecule is CC(C)(C)n1ncc2c1N[C@@H]1CCC[C@H]1C2. The Balaban J connectivity index is 1.98. The fraction of sp³-hybridized carbons (Fsp3) is 0.769. The number of aromatic nitrogens is 2. The molecule has 1 saturated carbocycles. The first-order chi connectivity index (χ1) is 7.55. The summed E-state index contributed by atoms with van der Waals surface area (Å²) in [5.74, 6) is 2.13. The summed E-state index contributed by atoms with van der Waals surface area (Å²) in [6.45, 7) is 6.63. The van der Waals surface area contributed by atoms with Crippen LogP contribution in [0.25, 0.3) is 0 Å². The minimum absolute atomic E-state index is 0.0754. The van der Waals surface area contributed by atoms with Crippen molar-refractivity contribution in [3.63, 3.8) is 0 Å². The second-order valence-electron chi connectivity index (χ2n) is 6.25. The summed E-state index contributed by atoms with van der Waals surface area (Å²) in [4.78, 5) is 0. The van der Waals surface area contributed by atoms with Crippen LogP contribution in [0.5, 0.6) is 0 Å². The van der Waals surface area contributed by atoms with Crippen LogP contribution in [0, 0.1) is 5.92 Å². The van der Waals surface area contributed by atoms with E-state index in [4.69, 9.17) is 0 Å². The maximum absolute atomic E-state index is 4.55. The van der Waals surface area contributed by atoms with Crippen LogP contribution in [0.15, 0.2) is 6.20 Å². The largest absolute Gasteiger partial charge is 0.367 e. The van der Waals surface area contributed by atoms with Gasteiger partial charge in [0.1, 0.15) is 5.82 Å². The topological polar surface area (TPSA) is 29.9 Å². The third kappa shape index (κ3) is 1.45. The molecule has 0 bridgehead atoms. The molecule has 1 fully saturated rings. The Morgan fingerprint density at radius 1 is 1.38 bits per heavy atom. The normalized spacial score (nSPS) is 28.4. The molecule has 0 saturated heterocycles. The smallest absolute Gasteiger partial charge is 0.128 e. The van der Waals surface area contributed by atoms with Gasteiger partial charge in [-0.25, -0.2) is 4.68 Å². The second kappa shape index (κ2) is 3.25. The summed E-state index contributed by atoms with van der Waals surface area (Å²) in [5, 5.41) is 8.27. The van der Waals surface area contributed by atoms with Gasteiger partial charge >= 0.3 is 0 Å². The summed E-state index contributed by atoms with van der Waals surface area (Å²) in [5.41, 5.74) is 1.49. The van der Waals surface area contributed by atoms with Crippen molar-refractivity contribution in [1.82, 2.24) is 9.78 Å². The maximum Gasteiger partial charge on any atom is 0.128 e. The van der Waals surface area contributed by atoms with Gasteiger partial charge in [-0.3, -0.25) is 0 Å². The van der Waals surface area contributed by atoms with Gasteiger partial charge in [-0.05, 0) is 46.0 Å².